The minimum absolute atomic E-state index is 0.130. The van der Waals surface area contributed by atoms with E-state index in [-0.39, 0.29) is 5.91 Å². The molecule has 1 atom stereocenters. The maximum Gasteiger partial charge on any atom is 0.220 e. The van der Waals surface area contributed by atoms with Gasteiger partial charge in [-0.1, -0.05) is 12.8 Å². The SMILES string of the molecule is C#CCSCCNC(=O)CCC(C)CCN. The van der Waals surface area contributed by atoms with E-state index in [1.54, 1.807) is 11.8 Å². The largest absolute Gasteiger partial charge is 0.355 e. The number of nitrogens with two attached hydrogens (primary N) is 1. The summed E-state index contributed by atoms with van der Waals surface area (Å²) in [7, 11) is 0. The lowest BCUT2D eigenvalue weighted by Crippen LogP contribution is -2.26. The molecule has 0 bridgehead atoms. The third-order valence-electron chi connectivity index (χ3n) is 2.28. The molecule has 1 amide bonds. The van der Waals surface area contributed by atoms with Gasteiger partial charge in [-0.05, 0) is 25.3 Å². The summed E-state index contributed by atoms with van der Waals surface area (Å²) >= 11 is 1.66. The van der Waals surface area contributed by atoms with Crippen LogP contribution in [0.3, 0.4) is 0 Å². The number of nitrogens with one attached hydrogen (secondary N) is 1. The summed E-state index contributed by atoms with van der Waals surface area (Å²) in [5.74, 6) is 4.81. The normalized spacial score (nSPS) is 11.8. The molecule has 0 aromatic rings. The van der Waals surface area contributed by atoms with Gasteiger partial charge in [0.2, 0.25) is 5.91 Å². The van der Waals surface area contributed by atoms with Gasteiger partial charge in [-0.2, -0.15) is 0 Å². The zero-order valence-electron chi connectivity index (χ0n) is 10.00. The van der Waals surface area contributed by atoms with E-state index in [9.17, 15) is 4.79 Å². The maximum absolute atomic E-state index is 11.4. The molecule has 4 heteroatoms. The Morgan fingerprint density at radius 2 is 2.31 bits per heavy atom. The molecule has 1 unspecified atom stereocenters. The van der Waals surface area contributed by atoms with E-state index in [0.29, 0.717) is 31.2 Å². The monoisotopic (exact) mass is 242 g/mol. The van der Waals surface area contributed by atoms with Gasteiger partial charge in [-0.3, -0.25) is 4.79 Å². The standard InChI is InChI=1S/C12H22N2OS/c1-3-9-16-10-8-14-12(15)5-4-11(2)6-7-13/h1,11H,4-10,13H2,2H3,(H,14,15). The number of carbonyl (C=O) groups is 1. The van der Waals surface area contributed by atoms with Crippen LogP contribution < -0.4 is 11.1 Å². The molecule has 0 heterocycles. The van der Waals surface area contributed by atoms with Gasteiger partial charge in [0.1, 0.15) is 0 Å². The summed E-state index contributed by atoms with van der Waals surface area (Å²) in [6.07, 6.45) is 7.62. The van der Waals surface area contributed by atoms with Gasteiger partial charge in [0.15, 0.2) is 0 Å². The average molecular weight is 242 g/mol. The van der Waals surface area contributed by atoms with Gasteiger partial charge in [-0.15, -0.1) is 18.2 Å². The van der Waals surface area contributed by atoms with Crippen molar-refractivity contribution < 1.29 is 4.79 Å². The number of amides is 1. The van der Waals surface area contributed by atoms with Crippen LogP contribution in [0, 0.1) is 18.3 Å². The summed E-state index contributed by atoms with van der Waals surface area (Å²) in [5, 5.41) is 2.88. The third kappa shape index (κ3) is 9.88. The van der Waals surface area contributed by atoms with Crippen molar-refractivity contribution in [3.05, 3.63) is 0 Å². The molecule has 0 aliphatic carbocycles. The molecule has 0 fully saturated rings. The molecule has 3 nitrogen and oxygen atoms in total. The molecule has 0 saturated heterocycles. The zero-order chi connectivity index (χ0) is 12.2. The minimum Gasteiger partial charge on any atom is -0.355 e. The highest BCUT2D eigenvalue weighted by atomic mass is 32.2. The second-order valence-corrected chi connectivity index (χ2v) is 4.93. The summed E-state index contributed by atoms with van der Waals surface area (Å²) < 4.78 is 0. The fourth-order valence-electron chi connectivity index (χ4n) is 1.29. The van der Waals surface area contributed by atoms with E-state index in [1.807, 2.05) is 0 Å². The van der Waals surface area contributed by atoms with Crippen molar-refractivity contribution in [1.29, 1.82) is 0 Å². The quantitative estimate of drug-likeness (QED) is 0.472. The Labute approximate surface area is 103 Å². The second kappa shape index (κ2) is 10.8. The van der Waals surface area contributed by atoms with Gasteiger partial charge in [0, 0.05) is 18.7 Å². The Balaban J connectivity index is 3.34. The first-order valence-electron chi connectivity index (χ1n) is 5.68. The van der Waals surface area contributed by atoms with E-state index in [2.05, 4.69) is 18.2 Å². The molecular weight excluding hydrogens is 220 g/mol. The highest BCUT2D eigenvalue weighted by Crippen LogP contribution is 2.08. The van der Waals surface area contributed by atoms with E-state index in [0.717, 1.165) is 18.6 Å². The fraction of sp³-hybridized carbons (Fsp3) is 0.750. The van der Waals surface area contributed by atoms with Crippen LogP contribution in [0.2, 0.25) is 0 Å². The van der Waals surface area contributed by atoms with Crippen LogP contribution in [0.25, 0.3) is 0 Å². The second-order valence-electron chi connectivity index (χ2n) is 3.83. The number of terminal acetylenes is 1. The lowest BCUT2D eigenvalue weighted by Gasteiger charge is -2.09. The predicted molar refractivity (Wildman–Crippen MR) is 71.2 cm³/mol. The van der Waals surface area contributed by atoms with Crippen molar-refractivity contribution in [3.8, 4) is 12.3 Å². The molecule has 0 saturated carbocycles. The molecule has 0 aliphatic heterocycles. The van der Waals surface area contributed by atoms with Crippen LogP contribution in [0.1, 0.15) is 26.2 Å². The number of hydrogen-bond acceptors (Lipinski definition) is 3. The molecular formula is C12H22N2OS. The number of rotatable bonds is 9. The van der Waals surface area contributed by atoms with Crippen molar-refractivity contribution >= 4 is 17.7 Å². The van der Waals surface area contributed by atoms with Gasteiger partial charge in [0.05, 0.1) is 5.75 Å². The summed E-state index contributed by atoms with van der Waals surface area (Å²) in [6.45, 7) is 3.53. The smallest absolute Gasteiger partial charge is 0.220 e. The summed E-state index contributed by atoms with van der Waals surface area (Å²) in [5.41, 5.74) is 5.44. The Bertz CT molecular complexity index is 226. The van der Waals surface area contributed by atoms with Crippen molar-refractivity contribution in [2.75, 3.05) is 24.6 Å². The minimum atomic E-state index is 0.130. The van der Waals surface area contributed by atoms with Crippen LogP contribution >= 0.6 is 11.8 Å². The molecule has 0 aliphatic rings. The van der Waals surface area contributed by atoms with Crippen molar-refractivity contribution in [2.45, 2.75) is 26.2 Å². The lowest BCUT2D eigenvalue weighted by atomic mass is 10.0. The number of thioether (sulfide) groups is 1. The summed E-state index contributed by atoms with van der Waals surface area (Å²) in [6, 6.07) is 0. The Morgan fingerprint density at radius 3 is 2.94 bits per heavy atom. The molecule has 0 aromatic carbocycles. The van der Waals surface area contributed by atoms with Crippen molar-refractivity contribution in [2.24, 2.45) is 11.7 Å². The van der Waals surface area contributed by atoms with Crippen molar-refractivity contribution in [1.82, 2.24) is 5.32 Å². The van der Waals surface area contributed by atoms with Gasteiger partial charge in [0.25, 0.3) is 0 Å². The maximum atomic E-state index is 11.4. The zero-order valence-corrected chi connectivity index (χ0v) is 10.8. The van der Waals surface area contributed by atoms with E-state index in [4.69, 9.17) is 12.2 Å². The molecule has 3 N–H and O–H groups in total. The Hall–Kier alpha value is -0.660. The van der Waals surface area contributed by atoms with E-state index in [1.165, 1.54) is 0 Å². The third-order valence-corrected chi connectivity index (χ3v) is 3.14. The lowest BCUT2D eigenvalue weighted by molar-refractivity contribution is -0.121. The first-order valence-corrected chi connectivity index (χ1v) is 6.84. The summed E-state index contributed by atoms with van der Waals surface area (Å²) in [4.78, 5) is 11.4. The molecule has 0 aromatic heterocycles. The predicted octanol–water partition coefficient (Wildman–Crippen LogP) is 1.23. The first-order chi connectivity index (χ1) is 7.70. The molecule has 16 heavy (non-hydrogen) atoms. The topological polar surface area (TPSA) is 55.1 Å². The molecule has 0 radical (unpaired) electrons. The van der Waals surface area contributed by atoms with Crippen LogP contribution in [-0.2, 0) is 4.79 Å². The molecule has 92 valence electrons. The Kier molecular flexibility index (Phi) is 10.4. The van der Waals surface area contributed by atoms with E-state index >= 15 is 0 Å². The van der Waals surface area contributed by atoms with Gasteiger partial charge >= 0.3 is 0 Å². The number of carbonyl (C=O) groups excluding carboxylic acids is 1. The van der Waals surface area contributed by atoms with Gasteiger partial charge in [-0.25, -0.2) is 0 Å². The highest BCUT2D eigenvalue weighted by molar-refractivity contribution is 7.99. The van der Waals surface area contributed by atoms with Gasteiger partial charge < -0.3 is 11.1 Å². The highest BCUT2D eigenvalue weighted by Gasteiger charge is 2.05. The van der Waals surface area contributed by atoms with E-state index < -0.39 is 0 Å². The fourth-order valence-corrected chi connectivity index (χ4v) is 1.80. The molecule has 0 rings (SSSR count). The Morgan fingerprint density at radius 1 is 1.56 bits per heavy atom. The van der Waals surface area contributed by atoms with Crippen LogP contribution in [0.5, 0.6) is 0 Å². The van der Waals surface area contributed by atoms with Crippen LogP contribution in [-0.4, -0.2) is 30.5 Å². The van der Waals surface area contributed by atoms with Crippen molar-refractivity contribution in [3.63, 3.8) is 0 Å². The molecule has 0 spiro atoms. The first kappa shape index (κ1) is 15.3. The van der Waals surface area contributed by atoms with Crippen LogP contribution in [0.4, 0.5) is 0 Å². The average Bonchev–Trinajstić information content (AvgIpc) is 2.26. The van der Waals surface area contributed by atoms with Crippen LogP contribution in [0.15, 0.2) is 0 Å². The number of hydrogen-bond donors (Lipinski definition) is 2.